The zero-order chi connectivity index (χ0) is 16.2. The Balaban J connectivity index is -0.000000333. The fourth-order valence-electron chi connectivity index (χ4n) is 1.89. The Bertz CT molecular complexity index is 410. The first-order chi connectivity index (χ1) is 9.77. The van der Waals surface area contributed by atoms with Crippen LogP contribution in [0.2, 0.25) is 0 Å². The van der Waals surface area contributed by atoms with E-state index < -0.39 is 18.2 Å². The van der Waals surface area contributed by atoms with E-state index in [0.29, 0.717) is 6.42 Å². The minimum atomic E-state index is -5.08. The third-order valence-electron chi connectivity index (χ3n) is 2.91. The van der Waals surface area contributed by atoms with Gasteiger partial charge in [0.25, 0.3) is 0 Å². The molecule has 0 amide bonds. The van der Waals surface area contributed by atoms with Crippen LogP contribution in [-0.2, 0) is 23.1 Å². The average Bonchev–Trinajstić information content (AvgIpc) is 2.33. The summed E-state index contributed by atoms with van der Waals surface area (Å²) in [5.41, 5.74) is 0. The third-order valence-corrected chi connectivity index (χ3v) is 4.88. The molecule has 0 radical (unpaired) electrons. The van der Waals surface area contributed by atoms with E-state index in [1.54, 1.807) is 0 Å². The molecule has 0 saturated heterocycles. The van der Waals surface area contributed by atoms with Crippen LogP contribution in [0.25, 0.3) is 0 Å². The van der Waals surface area contributed by atoms with E-state index in [0.717, 1.165) is 19.3 Å². The van der Waals surface area contributed by atoms with E-state index in [-0.39, 0.29) is 68.6 Å². The predicted octanol–water partition coefficient (Wildman–Crippen LogP) is -2.49. The minimum absolute atomic E-state index is 0. The first kappa shape index (κ1) is 29.8. The first-order valence-electron chi connectivity index (χ1n) is 7.43. The number of unbranched alkanes of at least 4 members (excludes halogenated alkanes) is 9. The second kappa shape index (κ2) is 17.4. The van der Waals surface area contributed by atoms with Crippen molar-refractivity contribution in [1.29, 1.82) is 0 Å². The Morgan fingerprint density at radius 2 is 1.26 bits per heavy atom. The molecule has 0 saturated carbocycles. The van der Waals surface area contributed by atoms with Crippen LogP contribution < -0.4 is 59.1 Å². The van der Waals surface area contributed by atoms with Crippen LogP contribution in [0.3, 0.4) is 0 Å². The predicted molar refractivity (Wildman–Crippen MR) is 82.1 cm³/mol. The Hall–Kier alpha value is 2.02. The van der Waals surface area contributed by atoms with Crippen molar-refractivity contribution in [2.45, 2.75) is 71.1 Å². The van der Waals surface area contributed by atoms with Crippen LogP contribution in [0.15, 0.2) is 0 Å². The van der Waals surface area contributed by atoms with Crippen molar-refractivity contribution in [1.82, 2.24) is 0 Å². The van der Waals surface area contributed by atoms with Crippen molar-refractivity contribution in [2.75, 3.05) is 6.61 Å². The summed E-state index contributed by atoms with van der Waals surface area (Å²) in [5.74, 6) is 0. The van der Waals surface area contributed by atoms with Crippen molar-refractivity contribution in [2.24, 2.45) is 0 Å². The molecule has 0 aromatic rings. The fraction of sp³-hybridized carbons (Fsp3) is 1.00. The fourth-order valence-corrected chi connectivity index (χ4v) is 3.34. The molecule has 0 spiro atoms. The zero-order valence-electron chi connectivity index (χ0n) is 16.6. The van der Waals surface area contributed by atoms with Crippen molar-refractivity contribution in [3.8, 4) is 0 Å². The molecule has 0 aromatic heterocycles. The van der Waals surface area contributed by atoms with Crippen molar-refractivity contribution >= 4 is 18.2 Å². The van der Waals surface area contributed by atoms with Gasteiger partial charge in [0.05, 0.1) is 6.61 Å². The number of phosphoric acid groups is 1. The van der Waals surface area contributed by atoms with Crippen LogP contribution in [0.1, 0.15) is 74.0 Å². The molecular formula is C12H29Na2O7PS. The monoisotopic (exact) mass is 394 g/mol. The van der Waals surface area contributed by atoms with Gasteiger partial charge in [-0.25, -0.2) is 8.75 Å². The van der Waals surface area contributed by atoms with E-state index in [1.165, 1.54) is 38.5 Å². The summed E-state index contributed by atoms with van der Waals surface area (Å²) in [5, 5.41) is 0. The summed E-state index contributed by atoms with van der Waals surface area (Å²) in [6, 6.07) is 0. The van der Waals surface area contributed by atoms with Gasteiger partial charge in [-0.15, -0.1) is 3.97 Å². The van der Waals surface area contributed by atoms with Crippen LogP contribution in [0, 0.1) is 0 Å². The van der Waals surface area contributed by atoms with Gasteiger partial charge in [0.2, 0.25) is 0 Å². The van der Waals surface area contributed by atoms with Gasteiger partial charge in [0.15, 0.2) is 0 Å². The molecule has 0 aromatic carbocycles. The maximum atomic E-state index is 11.0. The van der Waals surface area contributed by atoms with Crippen molar-refractivity contribution in [3.05, 3.63) is 0 Å². The van der Waals surface area contributed by atoms with Gasteiger partial charge in [0.1, 0.15) is 0 Å². The largest absolute Gasteiger partial charge is 1.00 e. The molecule has 0 fully saturated rings. The molecule has 0 atom stereocenters. The van der Waals surface area contributed by atoms with E-state index >= 15 is 0 Å². The summed E-state index contributed by atoms with van der Waals surface area (Å²) in [6.07, 6.45) is 11.0. The van der Waals surface area contributed by atoms with E-state index in [4.69, 9.17) is 9.79 Å². The van der Waals surface area contributed by atoms with E-state index in [9.17, 15) is 13.0 Å². The zero-order valence-corrected chi connectivity index (χ0v) is 20.3. The second-order valence-corrected chi connectivity index (χ2v) is 7.61. The van der Waals surface area contributed by atoms with Gasteiger partial charge in [0, 0.05) is 0 Å². The summed E-state index contributed by atoms with van der Waals surface area (Å²) >= 11 is 0. The summed E-state index contributed by atoms with van der Waals surface area (Å²) in [6.45, 7) is 2.06. The van der Waals surface area contributed by atoms with Crippen LogP contribution >= 0.6 is 7.82 Å². The summed E-state index contributed by atoms with van der Waals surface area (Å²) in [7, 11) is -9.70. The quantitative estimate of drug-likeness (QED) is 0.191. The smallest absolute Gasteiger partial charge is 1.00 e. The van der Waals surface area contributed by atoms with Crippen LogP contribution in [0.5, 0.6) is 0 Å². The van der Waals surface area contributed by atoms with Gasteiger partial charge in [-0.2, -0.15) is 8.42 Å². The van der Waals surface area contributed by atoms with Crippen LogP contribution in [-0.4, -0.2) is 24.8 Å². The topological polar surface area (TPSA) is 110 Å². The SMILES string of the molecule is CCCCCCCCCCCCOS(=O)(=O)OP(=O)(O)O.[H-].[H-].[Na+].[Na+]. The second-order valence-electron chi connectivity index (χ2n) is 4.98. The molecule has 23 heavy (non-hydrogen) atoms. The third kappa shape index (κ3) is 24.0. The number of hydrogen-bond donors (Lipinski definition) is 2. The van der Waals surface area contributed by atoms with Gasteiger partial charge >= 0.3 is 77.3 Å². The van der Waals surface area contributed by atoms with Crippen molar-refractivity contribution in [3.63, 3.8) is 0 Å². The van der Waals surface area contributed by atoms with E-state index in [1.807, 2.05) is 0 Å². The molecular weight excluding hydrogens is 365 g/mol. The molecule has 0 aliphatic carbocycles. The summed E-state index contributed by atoms with van der Waals surface area (Å²) < 4.78 is 40.2. The molecule has 0 rings (SSSR count). The molecule has 0 aliphatic rings. The Labute approximate surface area is 187 Å². The molecule has 2 N–H and O–H groups in total. The normalized spacial score (nSPS) is 11.6. The number of hydrogen-bond acceptors (Lipinski definition) is 5. The van der Waals surface area contributed by atoms with Crippen molar-refractivity contribution < 1.29 is 92.9 Å². The Morgan fingerprint density at radius 3 is 1.65 bits per heavy atom. The molecule has 0 heterocycles. The first-order valence-corrected chi connectivity index (χ1v) is 10.3. The van der Waals surface area contributed by atoms with Crippen LogP contribution in [0.4, 0.5) is 0 Å². The maximum Gasteiger partial charge on any atom is 1.00 e. The average molecular weight is 394 g/mol. The van der Waals surface area contributed by atoms with Gasteiger partial charge in [-0.1, -0.05) is 64.7 Å². The number of rotatable bonds is 14. The molecule has 0 bridgehead atoms. The Kier molecular flexibility index (Phi) is 22.6. The standard InChI is InChI=1S/C12H27O7PS.2Na.2H/c1-2-3-4-5-6-7-8-9-10-11-12-18-21(16,17)19-20(13,14)15;;;;/h2-12H2,1H3,(H2,13,14,15);;;;/q;2*+1;2*-1. The van der Waals surface area contributed by atoms with Gasteiger partial charge < -0.3 is 12.6 Å². The molecule has 7 nitrogen and oxygen atoms in total. The van der Waals surface area contributed by atoms with E-state index in [2.05, 4.69) is 15.1 Å². The molecule has 0 aliphatic heterocycles. The molecule has 132 valence electrons. The minimum Gasteiger partial charge on any atom is -1.00 e. The van der Waals surface area contributed by atoms with Gasteiger partial charge in [-0.3, -0.25) is 0 Å². The molecule has 0 unspecified atom stereocenters. The Morgan fingerprint density at radius 1 is 0.870 bits per heavy atom. The maximum absolute atomic E-state index is 11.0. The van der Waals surface area contributed by atoms with Gasteiger partial charge in [-0.05, 0) is 6.42 Å². The summed E-state index contributed by atoms with van der Waals surface area (Å²) in [4.78, 5) is 16.7. The molecule has 11 heteroatoms.